The Morgan fingerprint density at radius 2 is 2.00 bits per heavy atom. The molecule has 0 heterocycles. The fraction of sp³-hybridized carbons (Fsp3) is 0.700. The molecule has 98 valence electrons. The van der Waals surface area contributed by atoms with Gasteiger partial charge in [-0.3, -0.25) is 9.59 Å². The van der Waals surface area contributed by atoms with Crippen LogP contribution >= 0.6 is 0 Å². The van der Waals surface area contributed by atoms with Crippen molar-refractivity contribution in [3.05, 3.63) is 0 Å². The van der Waals surface area contributed by atoms with Crippen molar-refractivity contribution >= 4 is 17.8 Å². The zero-order chi connectivity index (χ0) is 13.4. The van der Waals surface area contributed by atoms with Gasteiger partial charge in [0.1, 0.15) is 6.04 Å². The number of carbonyl (C=O) groups is 3. The number of methoxy groups -OCH3 is 1. The monoisotopic (exact) mass is 246 g/mol. The number of hydrogen-bond acceptors (Lipinski definition) is 5. The van der Waals surface area contributed by atoms with Gasteiger partial charge in [0, 0.05) is 18.9 Å². The first-order valence-corrected chi connectivity index (χ1v) is 5.22. The average Bonchev–Trinajstić information content (AvgIpc) is 2.31. The maximum absolute atomic E-state index is 11.4. The quantitative estimate of drug-likeness (QED) is 0.501. The highest BCUT2D eigenvalue weighted by Gasteiger charge is 2.23. The number of ether oxygens (including phenoxy) is 1. The first-order valence-electron chi connectivity index (χ1n) is 5.22. The van der Waals surface area contributed by atoms with Crippen molar-refractivity contribution < 1.29 is 24.2 Å². The fourth-order valence-corrected chi connectivity index (χ4v) is 1.04. The van der Waals surface area contributed by atoms with Crippen molar-refractivity contribution in [1.29, 1.82) is 0 Å². The van der Waals surface area contributed by atoms with E-state index in [4.69, 9.17) is 10.8 Å². The van der Waals surface area contributed by atoms with Gasteiger partial charge in [-0.2, -0.15) is 0 Å². The lowest BCUT2D eigenvalue weighted by Gasteiger charge is -2.16. The van der Waals surface area contributed by atoms with E-state index < -0.39 is 29.8 Å². The van der Waals surface area contributed by atoms with Crippen LogP contribution in [0.2, 0.25) is 0 Å². The zero-order valence-corrected chi connectivity index (χ0v) is 9.93. The number of nitrogens with one attached hydrogen (secondary N) is 1. The Bertz CT molecular complexity index is 292. The molecule has 17 heavy (non-hydrogen) atoms. The van der Waals surface area contributed by atoms with Gasteiger partial charge in [-0.05, 0) is 6.42 Å². The van der Waals surface area contributed by atoms with Crippen LogP contribution < -0.4 is 11.1 Å². The summed E-state index contributed by atoms with van der Waals surface area (Å²) >= 11 is 0. The predicted molar refractivity (Wildman–Crippen MR) is 59.0 cm³/mol. The molecule has 0 saturated heterocycles. The summed E-state index contributed by atoms with van der Waals surface area (Å²) in [5.41, 5.74) is 5.29. The van der Waals surface area contributed by atoms with E-state index in [2.05, 4.69) is 10.1 Å². The zero-order valence-electron chi connectivity index (χ0n) is 9.93. The molecule has 0 radical (unpaired) electrons. The number of carboxylic acid groups (broad SMARTS) is 1. The maximum atomic E-state index is 11.4. The minimum Gasteiger partial charge on any atom is -0.480 e. The summed E-state index contributed by atoms with van der Waals surface area (Å²) in [6.45, 7) is 1.73. The van der Waals surface area contributed by atoms with Crippen molar-refractivity contribution in [1.82, 2.24) is 5.32 Å². The third kappa shape index (κ3) is 5.86. The number of hydrogen-bond donors (Lipinski definition) is 3. The normalized spacial score (nSPS) is 13.6. The van der Waals surface area contributed by atoms with Gasteiger partial charge in [-0.15, -0.1) is 0 Å². The summed E-state index contributed by atoms with van der Waals surface area (Å²) in [4.78, 5) is 33.1. The summed E-state index contributed by atoms with van der Waals surface area (Å²) < 4.78 is 4.39. The molecular weight excluding hydrogens is 228 g/mol. The van der Waals surface area contributed by atoms with E-state index in [9.17, 15) is 14.4 Å². The number of esters is 1. The van der Waals surface area contributed by atoms with Crippen LogP contribution in [-0.4, -0.2) is 42.6 Å². The number of amides is 1. The van der Waals surface area contributed by atoms with E-state index >= 15 is 0 Å². The van der Waals surface area contributed by atoms with E-state index in [0.29, 0.717) is 0 Å². The second kappa shape index (κ2) is 7.61. The molecule has 0 aromatic heterocycles. The average molecular weight is 246 g/mol. The van der Waals surface area contributed by atoms with Crippen LogP contribution in [-0.2, 0) is 19.1 Å². The van der Waals surface area contributed by atoms with Crippen LogP contribution in [0.4, 0.5) is 0 Å². The summed E-state index contributed by atoms with van der Waals surface area (Å²) in [6, 6.07) is -1.10. The maximum Gasteiger partial charge on any atom is 0.326 e. The van der Waals surface area contributed by atoms with Gasteiger partial charge >= 0.3 is 11.9 Å². The molecule has 4 N–H and O–H groups in total. The van der Waals surface area contributed by atoms with Gasteiger partial charge in [0.15, 0.2) is 0 Å². The molecule has 7 heteroatoms. The Morgan fingerprint density at radius 3 is 2.41 bits per heavy atom. The summed E-state index contributed by atoms with van der Waals surface area (Å²) in [7, 11) is 1.22. The standard InChI is InChI=1S/C10H18N2O5/c1-6(5-11)9(14)12-7(10(15)16)3-4-8(13)17-2/h6-7H,3-5,11H2,1-2H3,(H,12,14)(H,15,16)/t6?,7-/m1/s1. The molecule has 0 spiro atoms. The molecular formula is C10H18N2O5. The van der Waals surface area contributed by atoms with E-state index in [0.717, 1.165) is 0 Å². The fourth-order valence-electron chi connectivity index (χ4n) is 1.04. The van der Waals surface area contributed by atoms with Crippen LogP contribution in [0.1, 0.15) is 19.8 Å². The van der Waals surface area contributed by atoms with E-state index in [1.807, 2.05) is 0 Å². The van der Waals surface area contributed by atoms with Gasteiger partial charge in [0.2, 0.25) is 5.91 Å². The Balaban J connectivity index is 4.30. The van der Waals surface area contributed by atoms with Crippen LogP contribution in [0.5, 0.6) is 0 Å². The Labute approximate surface area is 99.3 Å². The third-order valence-corrected chi connectivity index (χ3v) is 2.28. The second-order valence-corrected chi connectivity index (χ2v) is 3.65. The van der Waals surface area contributed by atoms with Gasteiger partial charge in [0.25, 0.3) is 0 Å². The van der Waals surface area contributed by atoms with Crippen LogP contribution in [0.25, 0.3) is 0 Å². The molecule has 7 nitrogen and oxygen atoms in total. The minimum atomic E-state index is -1.19. The molecule has 0 aromatic rings. The number of carboxylic acids is 1. The van der Waals surface area contributed by atoms with Gasteiger partial charge in [-0.1, -0.05) is 6.92 Å². The van der Waals surface area contributed by atoms with Crippen molar-refractivity contribution in [3.8, 4) is 0 Å². The molecule has 1 unspecified atom stereocenters. The Kier molecular flexibility index (Phi) is 6.88. The van der Waals surface area contributed by atoms with Crippen LogP contribution in [0.3, 0.4) is 0 Å². The lowest BCUT2D eigenvalue weighted by molar-refractivity contribution is -0.144. The molecule has 0 rings (SSSR count). The van der Waals surface area contributed by atoms with Crippen LogP contribution in [0.15, 0.2) is 0 Å². The number of aliphatic carboxylic acids is 1. The van der Waals surface area contributed by atoms with Gasteiger partial charge in [0.05, 0.1) is 7.11 Å². The van der Waals surface area contributed by atoms with Crippen molar-refractivity contribution in [2.75, 3.05) is 13.7 Å². The predicted octanol–water partition coefficient (Wildman–Crippen LogP) is -0.896. The second-order valence-electron chi connectivity index (χ2n) is 3.65. The lowest BCUT2D eigenvalue weighted by atomic mass is 10.1. The largest absolute Gasteiger partial charge is 0.480 e. The lowest BCUT2D eigenvalue weighted by Crippen LogP contribution is -2.44. The smallest absolute Gasteiger partial charge is 0.326 e. The van der Waals surface area contributed by atoms with E-state index in [-0.39, 0.29) is 19.4 Å². The number of rotatable bonds is 7. The molecule has 0 aliphatic carbocycles. The number of carbonyl (C=O) groups excluding carboxylic acids is 2. The molecule has 0 fully saturated rings. The van der Waals surface area contributed by atoms with Gasteiger partial charge < -0.3 is 20.9 Å². The third-order valence-electron chi connectivity index (χ3n) is 2.28. The van der Waals surface area contributed by atoms with Crippen molar-refractivity contribution in [2.45, 2.75) is 25.8 Å². The van der Waals surface area contributed by atoms with E-state index in [1.54, 1.807) is 6.92 Å². The van der Waals surface area contributed by atoms with Crippen molar-refractivity contribution in [2.24, 2.45) is 11.7 Å². The highest BCUT2D eigenvalue weighted by Crippen LogP contribution is 2.01. The molecule has 0 aromatic carbocycles. The van der Waals surface area contributed by atoms with Crippen molar-refractivity contribution in [3.63, 3.8) is 0 Å². The first kappa shape index (κ1) is 15.4. The topological polar surface area (TPSA) is 119 Å². The highest BCUT2D eigenvalue weighted by atomic mass is 16.5. The summed E-state index contributed by atoms with van der Waals surface area (Å²) in [6.07, 6.45) is -0.0736. The highest BCUT2D eigenvalue weighted by molar-refractivity contribution is 5.85. The molecule has 1 amide bonds. The molecule has 2 atom stereocenters. The minimum absolute atomic E-state index is 0.00889. The SMILES string of the molecule is COC(=O)CC[C@@H](NC(=O)C(C)CN)C(=O)O. The Hall–Kier alpha value is -1.63. The Morgan fingerprint density at radius 1 is 1.41 bits per heavy atom. The molecule has 0 aliphatic heterocycles. The van der Waals surface area contributed by atoms with Crippen LogP contribution in [0, 0.1) is 5.92 Å². The molecule has 0 saturated carbocycles. The van der Waals surface area contributed by atoms with Gasteiger partial charge in [-0.25, -0.2) is 4.79 Å². The number of nitrogens with two attached hydrogens (primary N) is 1. The first-order chi connectivity index (χ1) is 7.92. The molecule has 0 aliphatic rings. The molecule has 0 bridgehead atoms. The summed E-state index contributed by atoms with van der Waals surface area (Å²) in [5.74, 6) is -2.61. The van der Waals surface area contributed by atoms with E-state index in [1.165, 1.54) is 7.11 Å². The summed E-state index contributed by atoms with van der Waals surface area (Å²) in [5, 5.41) is 11.2.